The highest BCUT2D eigenvalue weighted by Crippen LogP contribution is 2.30. The van der Waals surface area contributed by atoms with Gasteiger partial charge in [-0.1, -0.05) is 48.5 Å². The molecule has 0 aromatic heterocycles. The van der Waals surface area contributed by atoms with Crippen molar-refractivity contribution in [3.63, 3.8) is 0 Å². The molecule has 0 heterocycles. The van der Waals surface area contributed by atoms with Gasteiger partial charge in [-0.2, -0.15) is 5.26 Å². The van der Waals surface area contributed by atoms with E-state index in [0.717, 1.165) is 0 Å². The normalized spacial score (nSPS) is 10.6. The molecule has 3 aromatic rings. The fourth-order valence-electron chi connectivity index (χ4n) is 2.20. The summed E-state index contributed by atoms with van der Waals surface area (Å²) < 4.78 is 14.3. The Hall–Kier alpha value is -2.40. The van der Waals surface area contributed by atoms with E-state index in [4.69, 9.17) is 0 Å². The Morgan fingerprint density at radius 3 is 1.59 bits per heavy atom. The highest BCUT2D eigenvalue weighted by atomic mass is 19.1. The molecule has 1 nitrogen and oxygen atoms in total. The molecule has 0 spiro atoms. The molecule has 0 N–H and O–H groups in total. The summed E-state index contributed by atoms with van der Waals surface area (Å²) in [5.74, 6) is -0.254. The maximum absolute atomic E-state index is 14.3. The molecule has 3 rings (SSSR count). The summed E-state index contributed by atoms with van der Waals surface area (Å²) in [6.07, 6.45) is 0. The molecule has 3 aromatic carbocycles. The van der Waals surface area contributed by atoms with E-state index < -0.39 is 0 Å². The fraction of sp³-hybridized carbons (Fsp3) is 0. The van der Waals surface area contributed by atoms with Crippen LogP contribution < -0.4 is 0 Å². The van der Waals surface area contributed by atoms with E-state index >= 15 is 0 Å². The zero-order chi connectivity index (χ0) is 11.8. The predicted octanol–water partition coefficient (Wildman–Crippen LogP) is 4.00. The van der Waals surface area contributed by atoms with Crippen LogP contribution in [-0.4, -0.2) is 0 Å². The number of halogens is 1. The molecule has 0 atom stereocenters. The van der Waals surface area contributed by atoms with Crippen LogP contribution in [-0.2, 0) is 0 Å². The number of hydrogen-bond acceptors (Lipinski definition) is 1. The van der Waals surface area contributed by atoms with Gasteiger partial charge in [-0.15, -0.1) is 0 Å². The van der Waals surface area contributed by atoms with E-state index in [1.165, 1.54) is 0 Å². The van der Waals surface area contributed by atoms with Gasteiger partial charge < -0.3 is 0 Å². The molecule has 17 heavy (non-hydrogen) atoms. The zero-order valence-electron chi connectivity index (χ0n) is 8.94. The molecule has 0 aliphatic heterocycles. The second-order valence-electron chi connectivity index (χ2n) is 3.89. The fourth-order valence-corrected chi connectivity index (χ4v) is 2.20. The van der Waals surface area contributed by atoms with Gasteiger partial charge in [0.1, 0.15) is 11.9 Å². The van der Waals surface area contributed by atoms with Gasteiger partial charge in [0.15, 0.2) is 0 Å². The zero-order valence-corrected chi connectivity index (χ0v) is 8.94. The smallest absolute Gasteiger partial charge is 0.138 e. The van der Waals surface area contributed by atoms with Gasteiger partial charge in [0.25, 0.3) is 0 Å². The maximum atomic E-state index is 14.3. The Morgan fingerprint density at radius 2 is 1.18 bits per heavy atom. The number of nitrogens with zero attached hydrogens (tertiary/aromatic N) is 1. The first-order valence-electron chi connectivity index (χ1n) is 5.32. The van der Waals surface area contributed by atoms with Crippen molar-refractivity contribution in [2.75, 3.05) is 0 Å². The Morgan fingerprint density at radius 1 is 0.765 bits per heavy atom. The first-order valence-corrected chi connectivity index (χ1v) is 5.32. The Bertz CT molecular complexity index is 712. The van der Waals surface area contributed by atoms with Crippen LogP contribution in [0.25, 0.3) is 21.5 Å². The number of rotatable bonds is 0. The Kier molecular flexibility index (Phi) is 2.06. The summed E-state index contributed by atoms with van der Waals surface area (Å²) in [6.45, 7) is 0. The maximum Gasteiger partial charge on any atom is 0.138 e. The first-order chi connectivity index (χ1) is 8.33. The van der Waals surface area contributed by atoms with Crippen molar-refractivity contribution in [2.24, 2.45) is 0 Å². The lowest BCUT2D eigenvalue weighted by molar-refractivity contribution is 0.651. The molecule has 0 aliphatic rings. The lowest BCUT2D eigenvalue weighted by Gasteiger charge is -2.07. The van der Waals surface area contributed by atoms with Gasteiger partial charge in [0.2, 0.25) is 0 Å². The molecule has 0 bridgehead atoms. The lowest BCUT2D eigenvalue weighted by Crippen LogP contribution is -1.89. The molecule has 0 saturated carbocycles. The summed E-state index contributed by atoms with van der Waals surface area (Å²) in [5, 5.41) is 11.6. The van der Waals surface area contributed by atoms with Gasteiger partial charge in [-0.05, 0) is 0 Å². The molecule has 0 saturated heterocycles. The van der Waals surface area contributed by atoms with E-state index in [1.54, 1.807) is 36.4 Å². The molecule has 0 amide bonds. The minimum absolute atomic E-state index is 0.254. The van der Waals surface area contributed by atoms with Crippen LogP contribution in [0.15, 0.2) is 48.5 Å². The molecule has 0 fully saturated rings. The van der Waals surface area contributed by atoms with Crippen molar-refractivity contribution in [2.45, 2.75) is 0 Å². The Balaban J connectivity index is 2.70. The number of nitriles is 1. The van der Waals surface area contributed by atoms with E-state index in [9.17, 15) is 9.65 Å². The standard InChI is InChI=1S/C15H8FN/c16-15-12-7-3-1-5-10(12)14(9-17)11-6-2-4-8-13(11)15/h1-8H. The molecule has 2 heteroatoms. The molecule has 80 valence electrons. The number of hydrogen-bond donors (Lipinski definition) is 0. The van der Waals surface area contributed by atoms with Gasteiger partial charge in [-0.3, -0.25) is 0 Å². The largest absolute Gasteiger partial charge is 0.206 e. The van der Waals surface area contributed by atoms with Crippen LogP contribution in [0.1, 0.15) is 5.56 Å². The quantitative estimate of drug-likeness (QED) is 0.526. The SMILES string of the molecule is N#Cc1c2ccccc2c(F)c2ccccc12. The van der Waals surface area contributed by atoms with Crippen LogP contribution in [0.4, 0.5) is 4.39 Å². The van der Waals surface area contributed by atoms with Crippen molar-refractivity contribution in [3.8, 4) is 6.07 Å². The van der Waals surface area contributed by atoms with E-state index in [1.807, 2.05) is 12.1 Å². The van der Waals surface area contributed by atoms with Gasteiger partial charge in [-0.25, -0.2) is 4.39 Å². The summed E-state index contributed by atoms with van der Waals surface area (Å²) in [7, 11) is 0. The van der Waals surface area contributed by atoms with Crippen molar-refractivity contribution in [1.29, 1.82) is 5.26 Å². The monoisotopic (exact) mass is 221 g/mol. The molecular weight excluding hydrogens is 213 g/mol. The highest BCUT2D eigenvalue weighted by molar-refractivity contribution is 6.04. The molecule has 0 radical (unpaired) electrons. The highest BCUT2D eigenvalue weighted by Gasteiger charge is 2.12. The van der Waals surface area contributed by atoms with Crippen LogP contribution >= 0.6 is 0 Å². The van der Waals surface area contributed by atoms with Gasteiger partial charge >= 0.3 is 0 Å². The van der Waals surface area contributed by atoms with Crippen LogP contribution in [0.3, 0.4) is 0 Å². The Labute approximate surface area is 97.7 Å². The number of benzene rings is 3. The third-order valence-corrected chi connectivity index (χ3v) is 2.98. The van der Waals surface area contributed by atoms with E-state index in [-0.39, 0.29) is 5.82 Å². The van der Waals surface area contributed by atoms with Gasteiger partial charge in [0, 0.05) is 21.5 Å². The van der Waals surface area contributed by atoms with Crippen molar-refractivity contribution in [1.82, 2.24) is 0 Å². The summed E-state index contributed by atoms with van der Waals surface area (Å²) >= 11 is 0. The van der Waals surface area contributed by atoms with Crippen molar-refractivity contribution >= 4 is 21.5 Å². The second kappa shape index (κ2) is 3.57. The van der Waals surface area contributed by atoms with Gasteiger partial charge in [0.05, 0.1) is 5.56 Å². The minimum Gasteiger partial charge on any atom is -0.206 e. The van der Waals surface area contributed by atoms with Crippen LogP contribution in [0, 0.1) is 17.1 Å². The average molecular weight is 221 g/mol. The van der Waals surface area contributed by atoms with Crippen LogP contribution in [0.2, 0.25) is 0 Å². The summed E-state index contributed by atoms with van der Waals surface area (Å²) in [4.78, 5) is 0. The second-order valence-corrected chi connectivity index (χ2v) is 3.89. The van der Waals surface area contributed by atoms with E-state index in [0.29, 0.717) is 27.1 Å². The minimum atomic E-state index is -0.254. The molecule has 0 unspecified atom stereocenters. The van der Waals surface area contributed by atoms with Crippen molar-refractivity contribution in [3.05, 3.63) is 59.9 Å². The summed E-state index contributed by atoms with van der Waals surface area (Å²) in [6, 6.07) is 16.3. The predicted molar refractivity (Wildman–Crippen MR) is 66.1 cm³/mol. The first kappa shape index (κ1) is 9.80. The third-order valence-electron chi connectivity index (χ3n) is 2.98. The molecule has 0 aliphatic carbocycles. The summed E-state index contributed by atoms with van der Waals surface area (Å²) in [5.41, 5.74) is 0.539. The van der Waals surface area contributed by atoms with E-state index in [2.05, 4.69) is 6.07 Å². The van der Waals surface area contributed by atoms with Crippen LogP contribution in [0.5, 0.6) is 0 Å². The topological polar surface area (TPSA) is 23.8 Å². The average Bonchev–Trinajstić information content (AvgIpc) is 2.40. The van der Waals surface area contributed by atoms with Crippen molar-refractivity contribution < 1.29 is 4.39 Å². The third kappa shape index (κ3) is 1.29. The molecular formula is C15H8FN. The lowest BCUT2D eigenvalue weighted by atomic mass is 9.97. The number of fused-ring (bicyclic) bond motifs is 2.